The standard InChI is InChI=1S/C14H21NS/c1-11-3-4-13(12(2)9-11)6-8-16-14-5-7-15-10-14/h3-4,9,14-15H,5-8,10H2,1-2H3. The van der Waals surface area contributed by atoms with E-state index in [2.05, 4.69) is 49.1 Å². The van der Waals surface area contributed by atoms with Crippen LogP contribution >= 0.6 is 11.8 Å². The zero-order chi connectivity index (χ0) is 11.4. The van der Waals surface area contributed by atoms with Gasteiger partial charge in [-0.3, -0.25) is 0 Å². The van der Waals surface area contributed by atoms with E-state index in [-0.39, 0.29) is 0 Å². The molecule has 0 amide bonds. The molecule has 1 aliphatic heterocycles. The molecule has 1 fully saturated rings. The third-order valence-electron chi connectivity index (χ3n) is 3.24. The van der Waals surface area contributed by atoms with Gasteiger partial charge in [0, 0.05) is 11.8 Å². The van der Waals surface area contributed by atoms with Gasteiger partial charge in [0.05, 0.1) is 0 Å². The lowest BCUT2D eigenvalue weighted by Gasteiger charge is -2.09. The van der Waals surface area contributed by atoms with Gasteiger partial charge in [0.2, 0.25) is 0 Å². The molecule has 0 radical (unpaired) electrons. The second-order valence-corrected chi connectivity index (χ2v) is 6.07. The Morgan fingerprint density at radius 3 is 2.94 bits per heavy atom. The molecule has 0 aliphatic carbocycles. The summed E-state index contributed by atoms with van der Waals surface area (Å²) in [5.41, 5.74) is 4.34. The molecule has 2 heteroatoms. The topological polar surface area (TPSA) is 12.0 Å². The van der Waals surface area contributed by atoms with Crippen LogP contribution in [0, 0.1) is 13.8 Å². The minimum absolute atomic E-state index is 0.853. The van der Waals surface area contributed by atoms with Gasteiger partial charge in [0.1, 0.15) is 0 Å². The van der Waals surface area contributed by atoms with Gasteiger partial charge in [0.25, 0.3) is 0 Å². The van der Waals surface area contributed by atoms with E-state index < -0.39 is 0 Å². The quantitative estimate of drug-likeness (QED) is 0.861. The van der Waals surface area contributed by atoms with E-state index in [0.29, 0.717) is 0 Å². The van der Waals surface area contributed by atoms with E-state index in [1.54, 1.807) is 0 Å². The average Bonchev–Trinajstić information content (AvgIpc) is 2.74. The van der Waals surface area contributed by atoms with Crippen molar-refractivity contribution in [1.82, 2.24) is 5.32 Å². The lowest BCUT2D eigenvalue weighted by Crippen LogP contribution is -2.10. The molecule has 1 aliphatic rings. The van der Waals surface area contributed by atoms with Crippen molar-refractivity contribution < 1.29 is 0 Å². The Labute approximate surface area is 103 Å². The van der Waals surface area contributed by atoms with Crippen LogP contribution in [0.2, 0.25) is 0 Å². The van der Waals surface area contributed by atoms with Crippen molar-refractivity contribution in [2.24, 2.45) is 0 Å². The van der Waals surface area contributed by atoms with Crippen LogP contribution < -0.4 is 5.32 Å². The van der Waals surface area contributed by atoms with E-state index >= 15 is 0 Å². The van der Waals surface area contributed by atoms with Crippen LogP contribution in [0.25, 0.3) is 0 Å². The average molecular weight is 235 g/mol. The lowest BCUT2D eigenvalue weighted by atomic mass is 10.0. The fourth-order valence-corrected chi connectivity index (χ4v) is 3.42. The molecular formula is C14H21NS. The van der Waals surface area contributed by atoms with Crippen LogP contribution in [0.4, 0.5) is 0 Å². The number of hydrogen-bond donors (Lipinski definition) is 1. The van der Waals surface area contributed by atoms with Crippen molar-refractivity contribution in [1.29, 1.82) is 0 Å². The highest BCUT2D eigenvalue weighted by Crippen LogP contribution is 2.20. The normalized spacial score (nSPS) is 20.2. The molecule has 88 valence electrons. The van der Waals surface area contributed by atoms with Crippen molar-refractivity contribution in [2.45, 2.75) is 31.9 Å². The number of thioether (sulfide) groups is 1. The molecule has 1 N–H and O–H groups in total. The molecule has 0 saturated carbocycles. The van der Waals surface area contributed by atoms with Crippen LogP contribution in [0.5, 0.6) is 0 Å². The first-order valence-electron chi connectivity index (χ1n) is 6.14. The third kappa shape index (κ3) is 3.26. The van der Waals surface area contributed by atoms with Gasteiger partial charge in [-0.2, -0.15) is 11.8 Å². The smallest absolute Gasteiger partial charge is 0.0184 e. The highest BCUT2D eigenvalue weighted by atomic mass is 32.2. The summed E-state index contributed by atoms with van der Waals surface area (Å²) in [5, 5.41) is 4.27. The predicted octanol–water partition coefficient (Wildman–Crippen LogP) is 2.94. The second kappa shape index (κ2) is 5.74. The molecule has 1 unspecified atom stereocenters. The first-order valence-corrected chi connectivity index (χ1v) is 7.19. The molecule has 1 aromatic carbocycles. The molecule has 1 atom stereocenters. The maximum absolute atomic E-state index is 3.42. The van der Waals surface area contributed by atoms with Crippen molar-refractivity contribution in [3.63, 3.8) is 0 Å². The number of nitrogens with one attached hydrogen (secondary N) is 1. The van der Waals surface area contributed by atoms with Gasteiger partial charge in [-0.05, 0) is 50.1 Å². The van der Waals surface area contributed by atoms with Crippen LogP contribution in [-0.2, 0) is 6.42 Å². The maximum atomic E-state index is 3.42. The Hall–Kier alpha value is -0.470. The Morgan fingerprint density at radius 2 is 2.25 bits per heavy atom. The SMILES string of the molecule is Cc1ccc(CCSC2CCNC2)c(C)c1. The molecule has 2 rings (SSSR count). The first kappa shape index (κ1) is 12.0. The number of benzene rings is 1. The van der Waals surface area contributed by atoms with E-state index in [9.17, 15) is 0 Å². The molecule has 16 heavy (non-hydrogen) atoms. The van der Waals surface area contributed by atoms with Crippen LogP contribution in [0.15, 0.2) is 18.2 Å². The summed E-state index contributed by atoms with van der Waals surface area (Å²) in [5.74, 6) is 1.26. The molecule has 0 spiro atoms. The van der Waals surface area contributed by atoms with Crippen molar-refractivity contribution >= 4 is 11.8 Å². The molecule has 1 saturated heterocycles. The minimum Gasteiger partial charge on any atom is -0.316 e. The highest BCUT2D eigenvalue weighted by molar-refractivity contribution is 7.99. The summed E-state index contributed by atoms with van der Waals surface area (Å²) >= 11 is 2.13. The number of rotatable bonds is 4. The van der Waals surface area contributed by atoms with Crippen LogP contribution in [0.1, 0.15) is 23.1 Å². The zero-order valence-corrected chi connectivity index (χ0v) is 11.1. The molecular weight excluding hydrogens is 214 g/mol. The summed E-state index contributed by atoms with van der Waals surface area (Å²) in [4.78, 5) is 0. The molecule has 1 nitrogen and oxygen atoms in total. The summed E-state index contributed by atoms with van der Waals surface area (Å²) < 4.78 is 0. The van der Waals surface area contributed by atoms with Gasteiger partial charge in [-0.1, -0.05) is 23.8 Å². The molecule has 0 aromatic heterocycles. The van der Waals surface area contributed by atoms with Crippen molar-refractivity contribution in [2.75, 3.05) is 18.8 Å². The Morgan fingerprint density at radius 1 is 1.38 bits per heavy atom. The van der Waals surface area contributed by atoms with E-state index in [1.807, 2.05) is 0 Å². The third-order valence-corrected chi connectivity index (χ3v) is 4.55. The maximum Gasteiger partial charge on any atom is 0.0184 e. The zero-order valence-electron chi connectivity index (χ0n) is 10.3. The van der Waals surface area contributed by atoms with Gasteiger partial charge < -0.3 is 5.32 Å². The van der Waals surface area contributed by atoms with Crippen LogP contribution in [-0.4, -0.2) is 24.1 Å². The molecule has 0 bridgehead atoms. The Balaban J connectivity index is 1.80. The fourth-order valence-electron chi connectivity index (χ4n) is 2.23. The van der Waals surface area contributed by atoms with Gasteiger partial charge in [0.15, 0.2) is 0 Å². The van der Waals surface area contributed by atoms with Gasteiger partial charge in [-0.25, -0.2) is 0 Å². The minimum atomic E-state index is 0.853. The summed E-state index contributed by atoms with van der Waals surface area (Å²) in [6.45, 7) is 6.80. The highest BCUT2D eigenvalue weighted by Gasteiger charge is 2.14. The van der Waals surface area contributed by atoms with Crippen LogP contribution in [0.3, 0.4) is 0 Å². The fraction of sp³-hybridized carbons (Fsp3) is 0.571. The Bertz CT molecular complexity index is 343. The summed E-state index contributed by atoms with van der Waals surface area (Å²) in [6, 6.07) is 6.80. The lowest BCUT2D eigenvalue weighted by molar-refractivity contribution is 0.858. The van der Waals surface area contributed by atoms with Gasteiger partial charge in [-0.15, -0.1) is 0 Å². The van der Waals surface area contributed by atoms with E-state index in [4.69, 9.17) is 0 Å². The monoisotopic (exact) mass is 235 g/mol. The van der Waals surface area contributed by atoms with E-state index in [0.717, 1.165) is 5.25 Å². The van der Waals surface area contributed by atoms with Crippen molar-refractivity contribution in [3.8, 4) is 0 Å². The second-order valence-electron chi connectivity index (χ2n) is 4.67. The summed E-state index contributed by atoms with van der Waals surface area (Å²) in [7, 11) is 0. The van der Waals surface area contributed by atoms with Gasteiger partial charge >= 0.3 is 0 Å². The first-order chi connectivity index (χ1) is 7.75. The summed E-state index contributed by atoms with van der Waals surface area (Å²) in [6.07, 6.45) is 2.56. The predicted molar refractivity (Wildman–Crippen MR) is 73.4 cm³/mol. The van der Waals surface area contributed by atoms with Crippen molar-refractivity contribution in [3.05, 3.63) is 34.9 Å². The van der Waals surface area contributed by atoms with E-state index in [1.165, 1.54) is 48.4 Å². The molecule has 1 heterocycles. The number of aryl methyl sites for hydroxylation is 3. The Kier molecular flexibility index (Phi) is 4.30. The largest absolute Gasteiger partial charge is 0.316 e. The molecule has 1 aromatic rings. The number of hydrogen-bond acceptors (Lipinski definition) is 2.